The summed E-state index contributed by atoms with van der Waals surface area (Å²) in [4.78, 5) is 17.8. The second-order valence-corrected chi connectivity index (χ2v) is 6.58. The van der Waals surface area contributed by atoms with E-state index in [0.717, 1.165) is 21.7 Å². The summed E-state index contributed by atoms with van der Waals surface area (Å²) < 4.78 is 10.5. The Bertz CT molecular complexity index is 981. The topological polar surface area (TPSA) is 61.4 Å². The molecule has 0 aliphatic rings. The molecule has 0 fully saturated rings. The molecule has 0 saturated heterocycles. The molecule has 3 rings (SSSR count). The fourth-order valence-corrected chi connectivity index (χ4v) is 3.96. The molecule has 0 radical (unpaired) electrons. The lowest BCUT2D eigenvalue weighted by Crippen LogP contribution is -2.17. The number of carbonyl (C=O) groups is 1. The van der Waals surface area contributed by atoms with E-state index >= 15 is 0 Å². The third-order valence-electron chi connectivity index (χ3n) is 3.90. The van der Waals surface area contributed by atoms with E-state index in [9.17, 15) is 4.79 Å². The van der Waals surface area contributed by atoms with Crippen LogP contribution < -0.4 is 9.54 Å². The molecule has 2 heterocycles. The first-order valence-corrected chi connectivity index (χ1v) is 9.29. The fourth-order valence-electron chi connectivity index (χ4n) is 2.85. The van der Waals surface area contributed by atoms with Crippen LogP contribution in [0.25, 0.3) is 10.2 Å². The van der Waals surface area contributed by atoms with Gasteiger partial charge in [0.1, 0.15) is 17.0 Å². The van der Waals surface area contributed by atoms with Crippen LogP contribution in [0.15, 0.2) is 29.3 Å². The Morgan fingerprint density at radius 3 is 2.76 bits per heavy atom. The van der Waals surface area contributed by atoms with Crippen LogP contribution in [0, 0.1) is 6.92 Å². The molecule has 2 aromatic heterocycles. The summed E-state index contributed by atoms with van der Waals surface area (Å²) in [6.45, 7) is 9.79. The lowest BCUT2D eigenvalue weighted by molar-refractivity contribution is 0.0987. The molecule has 1 aromatic carbocycles. The van der Waals surface area contributed by atoms with Crippen LogP contribution in [0.3, 0.4) is 0 Å². The normalized spacial score (nSPS) is 12.1. The number of carbonyl (C=O) groups excluding carboxylic acids is 1. The van der Waals surface area contributed by atoms with Crippen molar-refractivity contribution in [2.75, 3.05) is 6.61 Å². The van der Waals surface area contributed by atoms with Crippen molar-refractivity contribution in [3.63, 3.8) is 0 Å². The second kappa shape index (κ2) is 7.23. The van der Waals surface area contributed by atoms with Crippen molar-refractivity contribution in [1.82, 2.24) is 14.3 Å². The fraction of sp³-hybridized carbons (Fsp3) is 0.389. The molecule has 0 unspecified atom stereocenters. The Hall–Kier alpha value is -2.41. The SMILES string of the molecule is CCOc1cccc2sc(=NC(=O)c3cc(C)nn3CC)n(CC)c12. The van der Waals surface area contributed by atoms with E-state index in [1.165, 1.54) is 11.3 Å². The highest BCUT2D eigenvalue weighted by Crippen LogP contribution is 2.27. The van der Waals surface area contributed by atoms with Crippen LogP contribution >= 0.6 is 11.3 Å². The van der Waals surface area contributed by atoms with Gasteiger partial charge in [-0.25, -0.2) is 0 Å². The van der Waals surface area contributed by atoms with Gasteiger partial charge in [0.2, 0.25) is 0 Å². The Kier molecular flexibility index (Phi) is 5.03. The van der Waals surface area contributed by atoms with Crippen LogP contribution in [0.4, 0.5) is 0 Å². The predicted octanol–water partition coefficient (Wildman–Crippen LogP) is 3.39. The number of para-hydroxylation sites is 1. The van der Waals surface area contributed by atoms with Gasteiger partial charge in [-0.05, 0) is 45.9 Å². The van der Waals surface area contributed by atoms with E-state index in [1.54, 1.807) is 10.7 Å². The third kappa shape index (κ3) is 3.24. The Morgan fingerprint density at radius 1 is 1.28 bits per heavy atom. The van der Waals surface area contributed by atoms with Crippen molar-refractivity contribution in [3.8, 4) is 5.75 Å². The van der Waals surface area contributed by atoms with E-state index in [-0.39, 0.29) is 5.91 Å². The van der Waals surface area contributed by atoms with Crippen molar-refractivity contribution in [2.45, 2.75) is 40.8 Å². The van der Waals surface area contributed by atoms with Crippen molar-refractivity contribution in [2.24, 2.45) is 4.99 Å². The molecule has 3 aromatic rings. The number of fused-ring (bicyclic) bond motifs is 1. The van der Waals surface area contributed by atoms with Crippen LogP contribution in [0.1, 0.15) is 37.0 Å². The number of hydrogen-bond donors (Lipinski definition) is 0. The van der Waals surface area contributed by atoms with Crippen molar-refractivity contribution < 1.29 is 9.53 Å². The minimum Gasteiger partial charge on any atom is -0.492 e. The lowest BCUT2D eigenvalue weighted by atomic mass is 10.3. The highest BCUT2D eigenvalue weighted by molar-refractivity contribution is 7.16. The maximum atomic E-state index is 12.7. The van der Waals surface area contributed by atoms with Crippen molar-refractivity contribution in [3.05, 3.63) is 40.5 Å². The molecule has 0 N–H and O–H groups in total. The van der Waals surface area contributed by atoms with E-state index in [2.05, 4.69) is 10.1 Å². The molecule has 132 valence electrons. The number of rotatable bonds is 5. The number of thiazole rings is 1. The molecule has 0 aliphatic carbocycles. The summed E-state index contributed by atoms with van der Waals surface area (Å²) >= 11 is 1.50. The van der Waals surface area contributed by atoms with Gasteiger partial charge in [-0.2, -0.15) is 10.1 Å². The summed E-state index contributed by atoms with van der Waals surface area (Å²) in [5, 5.41) is 4.33. The van der Waals surface area contributed by atoms with Crippen LogP contribution in [0.2, 0.25) is 0 Å². The minimum absolute atomic E-state index is 0.269. The zero-order valence-electron chi connectivity index (χ0n) is 14.9. The number of nitrogens with zero attached hydrogens (tertiary/aromatic N) is 4. The molecular formula is C18H22N4O2S. The van der Waals surface area contributed by atoms with Gasteiger partial charge in [-0.1, -0.05) is 17.4 Å². The van der Waals surface area contributed by atoms with Crippen LogP contribution in [0.5, 0.6) is 5.75 Å². The summed E-state index contributed by atoms with van der Waals surface area (Å²) in [5.41, 5.74) is 2.33. The van der Waals surface area contributed by atoms with Gasteiger partial charge >= 0.3 is 0 Å². The first-order valence-electron chi connectivity index (χ1n) is 8.47. The number of aromatic nitrogens is 3. The quantitative estimate of drug-likeness (QED) is 0.702. The maximum absolute atomic E-state index is 12.7. The first kappa shape index (κ1) is 17.4. The molecule has 0 aliphatic heterocycles. The van der Waals surface area contributed by atoms with E-state index in [1.807, 2.05) is 50.5 Å². The molecule has 0 saturated carbocycles. The summed E-state index contributed by atoms with van der Waals surface area (Å²) in [5.74, 6) is 0.551. The van der Waals surface area contributed by atoms with Gasteiger partial charge in [0.05, 0.1) is 17.0 Å². The molecular weight excluding hydrogens is 336 g/mol. The smallest absolute Gasteiger partial charge is 0.297 e. The predicted molar refractivity (Wildman–Crippen MR) is 99.2 cm³/mol. The average Bonchev–Trinajstić information content (AvgIpc) is 3.15. The average molecular weight is 358 g/mol. The minimum atomic E-state index is -0.269. The summed E-state index contributed by atoms with van der Waals surface area (Å²) in [6.07, 6.45) is 0. The zero-order valence-corrected chi connectivity index (χ0v) is 15.8. The zero-order chi connectivity index (χ0) is 18.0. The standard InChI is InChI=1S/C18H22N4O2S/c1-5-21-16-14(24-7-3)9-8-10-15(16)25-18(21)19-17(23)13-11-12(4)20-22(13)6-2/h8-11H,5-7H2,1-4H3. The molecule has 0 spiro atoms. The van der Waals surface area contributed by atoms with Gasteiger partial charge in [0.15, 0.2) is 4.80 Å². The van der Waals surface area contributed by atoms with Gasteiger partial charge in [-0.15, -0.1) is 0 Å². The highest BCUT2D eigenvalue weighted by atomic mass is 32.1. The molecule has 0 atom stereocenters. The molecule has 25 heavy (non-hydrogen) atoms. The Labute approximate surface area is 150 Å². The van der Waals surface area contributed by atoms with Crippen molar-refractivity contribution >= 4 is 27.5 Å². The van der Waals surface area contributed by atoms with Crippen LogP contribution in [-0.4, -0.2) is 26.9 Å². The van der Waals surface area contributed by atoms with Gasteiger partial charge < -0.3 is 9.30 Å². The first-order chi connectivity index (χ1) is 12.1. The number of hydrogen-bond acceptors (Lipinski definition) is 4. The number of amides is 1. The number of ether oxygens (including phenoxy) is 1. The Balaban J connectivity index is 2.16. The second-order valence-electron chi connectivity index (χ2n) is 5.57. The molecule has 1 amide bonds. The van der Waals surface area contributed by atoms with Crippen LogP contribution in [-0.2, 0) is 13.1 Å². The summed E-state index contributed by atoms with van der Waals surface area (Å²) in [6, 6.07) is 7.72. The largest absolute Gasteiger partial charge is 0.492 e. The van der Waals surface area contributed by atoms with E-state index in [4.69, 9.17) is 4.74 Å². The lowest BCUT2D eigenvalue weighted by Gasteiger charge is -2.07. The molecule has 7 heteroatoms. The maximum Gasteiger partial charge on any atom is 0.297 e. The van der Waals surface area contributed by atoms with E-state index in [0.29, 0.717) is 30.2 Å². The van der Waals surface area contributed by atoms with Gasteiger partial charge in [0, 0.05) is 13.1 Å². The van der Waals surface area contributed by atoms with Gasteiger partial charge in [0.25, 0.3) is 5.91 Å². The van der Waals surface area contributed by atoms with Gasteiger partial charge in [-0.3, -0.25) is 9.48 Å². The summed E-state index contributed by atoms with van der Waals surface area (Å²) in [7, 11) is 0. The molecule has 0 bridgehead atoms. The Morgan fingerprint density at radius 2 is 2.08 bits per heavy atom. The number of benzene rings is 1. The third-order valence-corrected chi connectivity index (χ3v) is 4.94. The van der Waals surface area contributed by atoms with Crippen molar-refractivity contribution in [1.29, 1.82) is 0 Å². The number of aryl methyl sites for hydroxylation is 3. The van der Waals surface area contributed by atoms with E-state index < -0.39 is 0 Å². The highest BCUT2D eigenvalue weighted by Gasteiger charge is 2.15. The monoisotopic (exact) mass is 358 g/mol. The molecule has 6 nitrogen and oxygen atoms in total.